The molecule has 3 aromatic rings. The zero-order valence-corrected chi connectivity index (χ0v) is 21.1. The zero-order chi connectivity index (χ0) is 26.0. The third-order valence-corrected chi connectivity index (χ3v) is 6.52. The summed E-state index contributed by atoms with van der Waals surface area (Å²) in [5, 5.41) is 3.57. The molecule has 2 amide bonds. The number of nitrogens with zero attached hydrogens (tertiary/aromatic N) is 2. The van der Waals surface area contributed by atoms with Gasteiger partial charge in [0.25, 0.3) is 5.91 Å². The molecule has 1 N–H and O–H groups in total. The first-order valence-corrected chi connectivity index (χ1v) is 12.2. The molecule has 1 aliphatic rings. The normalized spacial score (nSPS) is 15.8. The van der Waals surface area contributed by atoms with Crippen molar-refractivity contribution in [2.45, 2.75) is 43.9 Å². The largest absolute Gasteiger partial charge is 0.465 e. The Hall–Kier alpha value is -3.66. The van der Waals surface area contributed by atoms with E-state index in [1.807, 2.05) is 30.3 Å². The molecule has 0 radical (unpaired) electrons. The Morgan fingerprint density at radius 3 is 2.67 bits per heavy atom. The first kappa shape index (κ1) is 25.4. The summed E-state index contributed by atoms with van der Waals surface area (Å²) < 4.78 is 24.8. The second-order valence-corrected chi connectivity index (χ2v) is 10.3. The number of nitrogens with one attached hydrogen (secondary N) is 1. The van der Waals surface area contributed by atoms with Crippen molar-refractivity contribution in [3.05, 3.63) is 65.6 Å². The summed E-state index contributed by atoms with van der Waals surface area (Å²) in [5.41, 5.74) is 0.626. The van der Waals surface area contributed by atoms with Crippen molar-refractivity contribution in [3.63, 3.8) is 0 Å². The maximum atomic E-state index is 14.7. The van der Waals surface area contributed by atoms with E-state index in [1.165, 1.54) is 28.8 Å². The van der Waals surface area contributed by atoms with Gasteiger partial charge >= 0.3 is 12.1 Å². The summed E-state index contributed by atoms with van der Waals surface area (Å²) >= 11 is 1.20. The van der Waals surface area contributed by atoms with Crippen LogP contribution in [0.4, 0.5) is 14.9 Å². The van der Waals surface area contributed by atoms with Gasteiger partial charge in [0.1, 0.15) is 17.5 Å². The van der Waals surface area contributed by atoms with E-state index in [9.17, 15) is 18.8 Å². The minimum Gasteiger partial charge on any atom is -0.465 e. The smallest absolute Gasteiger partial charge is 0.408 e. The van der Waals surface area contributed by atoms with Crippen LogP contribution in [0.2, 0.25) is 0 Å². The van der Waals surface area contributed by atoms with Gasteiger partial charge in [-0.3, -0.25) is 9.78 Å². The number of hydrogen-bond donors (Lipinski definition) is 1. The molecule has 0 unspecified atom stereocenters. The average Bonchev–Trinajstić information content (AvgIpc) is 2.94. The molecule has 0 aliphatic carbocycles. The Kier molecular flexibility index (Phi) is 7.16. The third kappa shape index (κ3) is 5.59. The topological polar surface area (TPSA) is 97.8 Å². The lowest BCUT2D eigenvalue weighted by Crippen LogP contribution is -2.50. The number of methoxy groups -OCH3 is 1. The van der Waals surface area contributed by atoms with E-state index in [2.05, 4.69) is 10.3 Å². The fraction of sp³-hybridized carbons (Fsp3) is 0.308. The molecule has 10 heteroatoms. The number of anilines is 1. The molecule has 0 fully saturated rings. The maximum Gasteiger partial charge on any atom is 0.408 e. The van der Waals surface area contributed by atoms with Crippen molar-refractivity contribution in [1.29, 1.82) is 0 Å². The van der Waals surface area contributed by atoms with E-state index < -0.39 is 35.4 Å². The minimum atomic E-state index is -0.956. The number of carbonyl (C=O) groups excluding carboxylic acids is 3. The van der Waals surface area contributed by atoms with Crippen LogP contribution in [0.3, 0.4) is 0 Å². The second kappa shape index (κ2) is 10.1. The van der Waals surface area contributed by atoms with Gasteiger partial charge in [0.15, 0.2) is 0 Å². The lowest BCUT2D eigenvalue weighted by Gasteiger charge is -2.27. The van der Waals surface area contributed by atoms with E-state index in [0.29, 0.717) is 16.3 Å². The number of halogens is 1. The number of alkyl carbamates (subject to hydrolysis) is 1. The van der Waals surface area contributed by atoms with E-state index in [4.69, 9.17) is 9.47 Å². The van der Waals surface area contributed by atoms with Crippen LogP contribution < -0.4 is 10.2 Å². The molecule has 4 rings (SSSR count). The minimum absolute atomic E-state index is 0.0377. The molecule has 1 atom stereocenters. The number of rotatable bonds is 4. The zero-order valence-electron chi connectivity index (χ0n) is 20.3. The Morgan fingerprint density at radius 1 is 1.19 bits per heavy atom. The predicted octanol–water partition coefficient (Wildman–Crippen LogP) is 4.69. The van der Waals surface area contributed by atoms with Crippen LogP contribution in [0.1, 0.15) is 36.8 Å². The maximum absolute atomic E-state index is 14.7. The first-order chi connectivity index (χ1) is 17.1. The van der Waals surface area contributed by atoms with Gasteiger partial charge < -0.3 is 19.7 Å². The molecule has 0 saturated heterocycles. The lowest BCUT2D eigenvalue weighted by atomic mass is 10.1. The summed E-state index contributed by atoms with van der Waals surface area (Å²) in [6.07, 6.45) is -0.738. The van der Waals surface area contributed by atoms with Gasteiger partial charge in [-0.1, -0.05) is 24.3 Å². The van der Waals surface area contributed by atoms with Gasteiger partial charge in [-0.15, -0.1) is 11.8 Å². The van der Waals surface area contributed by atoms with Gasteiger partial charge in [-0.2, -0.15) is 0 Å². The van der Waals surface area contributed by atoms with Crippen LogP contribution in [0.15, 0.2) is 53.4 Å². The Bertz CT molecular complexity index is 1340. The number of fused-ring (bicyclic) bond motifs is 2. The summed E-state index contributed by atoms with van der Waals surface area (Å²) in [6.45, 7) is 5.21. The molecule has 36 heavy (non-hydrogen) atoms. The fourth-order valence-electron chi connectivity index (χ4n) is 3.76. The molecular weight excluding hydrogens is 485 g/mol. The number of carbonyl (C=O) groups is 3. The molecule has 0 saturated carbocycles. The molecule has 2 heterocycles. The lowest BCUT2D eigenvalue weighted by molar-refractivity contribution is -0.120. The highest BCUT2D eigenvalue weighted by atomic mass is 32.2. The van der Waals surface area contributed by atoms with Crippen LogP contribution in [0.25, 0.3) is 10.9 Å². The van der Waals surface area contributed by atoms with Gasteiger partial charge in [0.05, 0.1) is 36.1 Å². The monoisotopic (exact) mass is 511 g/mol. The van der Waals surface area contributed by atoms with E-state index >= 15 is 0 Å². The summed E-state index contributed by atoms with van der Waals surface area (Å²) in [7, 11) is 1.16. The summed E-state index contributed by atoms with van der Waals surface area (Å²) in [6, 6.07) is 12.8. The third-order valence-electron chi connectivity index (χ3n) is 5.38. The van der Waals surface area contributed by atoms with Crippen molar-refractivity contribution in [2.75, 3.05) is 17.8 Å². The molecule has 0 bridgehead atoms. The number of para-hydroxylation sites is 1. The van der Waals surface area contributed by atoms with Gasteiger partial charge in [0.2, 0.25) is 0 Å². The van der Waals surface area contributed by atoms with Crippen LogP contribution in [-0.2, 0) is 20.8 Å². The Labute approximate surface area is 212 Å². The SMILES string of the molecule is COC(=O)c1cc2c(cc1F)SC[C@H](NC(=O)OC(C)(C)C)C(=O)N2Cc1ccc2ccccc2n1. The Morgan fingerprint density at radius 2 is 1.94 bits per heavy atom. The molecular formula is C26H26FN3O5S. The summed E-state index contributed by atoms with van der Waals surface area (Å²) in [5.74, 6) is -1.92. The van der Waals surface area contributed by atoms with Gasteiger partial charge in [-0.05, 0) is 45.0 Å². The van der Waals surface area contributed by atoms with E-state index in [1.54, 1.807) is 26.8 Å². The number of thioether (sulfide) groups is 1. The number of benzene rings is 2. The van der Waals surface area contributed by atoms with Crippen molar-refractivity contribution in [2.24, 2.45) is 0 Å². The van der Waals surface area contributed by atoms with Crippen LogP contribution in [0.5, 0.6) is 0 Å². The number of ether oxygens (including phenoxy) is 2. The molecule has 1 aromatic heterocycles. The number of amides is 2. The number of pyridine rings is 1. The van der Waals surface area contributed by atoms with Crippen molar-refractivity contribution < 1.29 is 28.2 Å². The van der Waals surface area contributed by atoms with Crippen LogP contribution >= 0.6 is 11.8 Å². The Balaban J connectivity index is 1.74. The summed E-state index contributed by atoms with van der Waals surface area (Å²) in [4.78, 5) is 44.9. The molecule has 1 aliphatic heterocycles. The first-order valence-electron chi connectivity index (χ1n) is 11.3. The molecule has 0 spiro atoms. The van der Waals surface area contributed by atoms with Crippen LogP contribution in [-0.4, -0.2) is 47.5 Å². The quantitative estimate of drug-likeness (QED) is 0.508. The van der Waals surface area contributed by atoms with Crippen molar-refractivity contribution in [3.8, 4) is 0 Å². The standard InChI is InChI=1S/C26H26FN3O5S/c1-26(2,3)35-25(33)29-20-14-36-22-12-18(27)17(24(32)34-4)11-21(22)30(23(20)31)13-16-10-9-15-7-5-6-8-19(15)28-16/h5-12,20H,13-14H2,1-4H3,(H,29,33)/t20-/m0/s1. The number of aromatic nitrogens is 1. The second-order valence-electron chi connectivity index (χ2n) is 9.22. The van der Waals surface area contributed by atoms with E-state index in [-0.39, 0.29) is 17.9 Å². The highest BCUT2D eigenvalue weighted by molar-refractivity contribution is 7.99. The fourth-order valence-corrected chi connectivity index (χ4v) is 4.84. The van der Waals surface area contributed by atoms with Gasteiger partial charge in [0, 0.05) is 16.0 Å². The van der Waals surface area contributed by atoms with Crippen LogP contribution in [0, 0.1) is 5.82 Å². The average molecular weight is 512 g/mol. The molecule has 8 nitrogen and oxygen atoms in total. The highest BCUT2D eigenvalue weighted by Crippen LogP contribution is 2.37. The van der Waals surface area contributed by atoms with Gasteiger partial charge in [-0.25, -0.2) is 14.0 Å². The van der Waals surface area contributed by atoms with Crippen molar-refractivity contribution in [1.82, 2.24) is 10.3 Å². The molecule has 2 aromatic carbocycles. The number of hydrogen-bond acceptors (Lipinski definition) is 7. The number of esters is 1. The molecule has 188 valence electrons. The van der Waals surface area contributed by atoms with Crippen molar-refractivity contribution >= 4 is 46.3 Å². The predicted molar refractivity (Wildman–Crippen MR) is 135 cm³/mol. The van der Waals surface area contributed by atoms with E-state index in [0.717, 1.165) is 18.0 Å². The highest BCUT2D eigenvalue weighted by Gasteiger charge is 2.34.